The van der Waals surface area contributed by atoms with Crippen LogP contribution >= 0.6 is 11.8 Å². The highest BCUT2D eigenvalue weighted by molar-refractivity contribution is 8.00. The van der Waals surface area contributed by atoms with Crippen molar-refractivity contribution in [3.05, 3.63) is 24.3 Å². The molecule has 0 unspecified atom stereocenters. The Balaban J connectivity index is 1.62. The first-order valence-corrected chi connectivity index (χ1v) is 10.7. The van der Waals surface area contributed by atoms with Crippen molar-refractivity contribution >= 4 is 34.7 Å². The number of fused-ring (bicyclic) bond motifs is 1. The molecular weight excluding hydrogens is 376 g/mol. The monoisotopic (exact) mass is 404 g/mol. The largest absolute Gasteiger partial charge is 0.383 e. The predicted octanol–water partition coefficient (Wildman–Crippen LogP) is 3.32. The van der Waals surface area contributed by atoms with Gasteiger partial charge in [0.05, 0.1) is 22.9 Å². The Morgan fingerprint density at radius 1 is 1.29 bits per heavy atom. The zero-order valence-corrected chi connectivity index (χ0v) is 17.3. The van der Waals surface area contributed by atoms with E-state index in [1.807, 2.05) is 24.3 Å². The van der Waals surface area contributed by atoms with Gasteiger partial charge in [0.15, 0.2) is 5.16 Å². The fourth-order valence-electron chi connectivity index (χ4n) is 3.44. The maximum atomic E-state index is 12.5. The summed E-state index contributed by atoms with van der Waals surface area (Å²) < 4.78 is 7.26. The lowest BCUT2D eigenvalue weighted by molar-refractivity contribution is -0.119. The highest BCUT2D eigenvalue weighted by Crippen LogP contribution is 2.27. The summed E-state index contributed by atoms with van der Waals surface area (Å²) in [6, 6.07) is 7.62. The number of hydrogen-bond donors (Lipinski definition) is 2. The zero-order chi connectivity index (χ0) is 19.9. The summed E-state index contributed by atoms with van der Waals surface area (Å²) in [5.74, 6) is -0.316. The average Bonchev–Trinajstić information content (AvgIpc) is 3.03. The van der Waals surface area contributed by atoms with Crippen LogP contribution in [0.3, 0.4) is 0 Å². The molecule has 3 amide bonds. The number of carbonyl (C=O) groups is 2. The molecule has 8 heteroatoms. The number of imide groups is 1. The molecule has 1 aliphatic carbocycles. The Kier molecular flexibility index (Phi) is 7.33. The van der Waals surface area contributed by atoms with Gasteiger partial charge in [-0.2, -0.15) is 0 Å². The number of nitrogens with one attached hydrogen (secondary N) is 2. The Labute approximate surface area is 169 Å². The lowest BCUT2D eigenvalue weighted by Crippen LogP contribution is -2.47. The smallest absolute Gasteiger partial charge is 0.321 e. The number of urea groups is 1. The van der Waals surface area contributed by atoms with Crippen LogP contribution < -0.4 is 10.6 Å². The third-order valence-electron chi connectivity index (χ3n) is 4.97. The number of benzene rings is 1. The summed E-state index contributed by atoms with van der Waals surface area (Å²) in [6.45, 7) is 2.99. The maximum Gasteiger partial charge on any atom is 0.321 e. The molecule has 1 fully saturated rings. The standard InChI is InChI=1S/C20H28N4O3S/c1-14(18(25)23-19(26)21-15-8-4-3-5-9-15)28-20-22-16-10-6-7-11-17(16)24(20)12-13-27-2/h6-7,10-11,14-15H,3-5,8-9,12-13H2,1-2H3,(H2,21,23,25,26)/t14-/m0/s1. The summed E-state index contributed by atoms with van der Waals surface area (Å²) in [5.41, 5.74) is 1.88. The molecule has 7 nitrogen and oxygen atoms in total. The summed E-state index contributed by atoms with van der Waals surface area (Å²) in [5, 5.41) is 5.68. The van der Waals surface area contributed by atoms with E-state index in [0.29, 0.717) is 13.2 Å². The zero-order valence-electron chi connectivity index (χ0n) is 16.4. The van der Waals surface area contributed by atoms with Crippen LogP contribution in [0.25, 0.3) is 11.0 Å². The molecule has 0 aliphatic heterocycles. The fourth-order valence-corrected chi connectivity index (χ4v) is 4.39. The Bertz CT molecular complexity index is 817. The number of para-hydroxylation sites is 2. The molecule has 0 saturated heterocycles. The number of amides is 3. The Hall–Kier alpha value is -2.06. The van der Waals surface area contributed by atoms with Crippen LogP contribution in [0.15, 0.2) is 29.4 Å². The highest BCUT2D eigenvalue weighted by Gasteiger charge is 2.22. The van der Waals surface area contributed by atoms with Gasteiger partial charge in [-0.05, 0) is 31.9 Å². The van der Waals surface area contributed by atoms with E-state index < -0.39 is 11.3 Å². The van der Waals surface area contributed by atoms with Gasteiger partial charge in [-0.1, -0.05) is 43.2 Å². The second-order valence-corrected chi connectivity index (χ2v) is 8.39. The molecule has 0 bridgehead atoms. The van der Waals surface area contributed by atoms with E-state index in [1.165, 1.54) is 18.2 Å². The minimum absolute atomic E-state index is 0.169. The van der Waals surface area contributed by atoms with Crippen LogP contribution in [0.4, 0.5) is 4.79 Å². The number of methoxy groups -OCH3 is 1. The van der Waals surface area contributed by atoms with Crippen LogP contribution in [-0.2, 0) is 16.1 Å². The van der Waals surface area contributed by atoms with E-state index in [9.17, 15) is 9.59 Å². The molecule has 0 radical (unpaired) electrons. The molecule has 1 aromatic heterocycles. The second-order valence-electron chi connectivity index (χ2n) is 7.09. The molecule has 28 heavy (non-hydrogen) atoms. The number of nitrogens with zero attached hydrogens (tertiary/aromatic N) is 2. The maximum absolute atomic E-state index is 12.5. The molecule has 1 heterocycles. The van der Waals surface area contributed by atoms with Crippen molar-refractivity contribution in [2.45, 2.75) is 62.0 Å². The number of ether oxygens (including phenoxy) is 1. The molecule has 2 aromatic rings. The highest BCUT2D eigenvalue weighted by atomic mass is 32.2. The SMILES string of the molecule is COCCn1c(S[C@@H](C)C(=O)NC(=O)NC2CCCCC2)nc2ccccc21. The van der Waals surface area contributed by atoms with Crippen LogP contribution in [0.2, 0.25) is 0 Å². The van der Waals surface area contributed by atoms with E-state index in [1.54, 1.807) is 14.0 Å². The molecule has 3 rings (SSSR count). The van der Waals surface area contributed by atoms with E-state index in [0.717, 1.165) is 41.9 Å². The van der Waals surface area contributed by atoms with Gasteiger partial charge in [0, 0.05) is 19.7 Å². The van der Waals surface area contributed by atoms with Gasteiger partial charge >= 0.3 is 6.03 Å². The van der Waals surface area contributed by atoms with Crippen LogP contribution in [0.5, 0.6) is 0 Å². The van der Waals surface area contributed by atoms with Gasteiger partial charge in [-0.3, -0.25) is 10.1 Å². The summed E-state index contributed by atoms with van der Waals surface area (Å²) in [6.07, 6.45) is 5.44. The van der Waals surface area contributed by atoms with Crippen molar-refractivity contribution in [1.82, 2.24) is 20.2 Å². The molecule has 152 valence electrons. The average molecular weight is 405 g/mol. The summed E-state index contributed by atoms with van der Waals surface area (Å²) >= 11 is 1.35. The lowest BCUT2D eigenvalue weighted by Gasteiger charge is -2.23. The minimum Gasteiger partial charge on any atom is -0.383 e. The predicted molar refractivity (Wildman–Crippen MR) is 110 cm³/mol. The van der Waals surface area contributed by atoms with Crippen LogP contribution in [0.1, 0.15) is 39.0 Å². The number of hydrogen-bond acceptors (Lipinski definition) is 5. The van der Waals surface area contributed by atoms with Crippen LogP contribution in [-0.4, -0.2) is 46.5 Å². The number of aromatic nitrogens is 2. The fraction of sp³-hybridized carbons (Fsp3) is 0.550. The van der Waals surface area contributed by atoms with E-state index in [2.05, 4.69) is 20.2 Å². The summed E-state index contributed by atoms with van der Waals surface area (Å²) in [7, 11) is 1.66. The normalized spacial score (nSPS) is 16.1. The first kappa shape index (κ1) is 20.7. The van der Waals surface area contributed by atoms with Crippen molar-refractivity contribution in [2.24, 2.45) is 0 Å². The van der Waals surface area contributed by atoms with Crippen molar-refractivity contribution in [1.29, 1.82) is 0 Å². The van der Waals surface area contributed by atoms with E-state index in [-0.39, 0.29) is 11.9 Å². The first-order valence-electron chi connectivity index (χ1n) is 9.80. The van der Waals surface area contributed by atoms with Crippen molar-refractivity contribution < 1.29 is 14.3 Å². The van der Waals surface area contributed by atoms with Gasteiger partial charge in [-0.15, -0.1) is 0 Å². The van der Waals surface area contributed by atoms with Gasteiger partial charge in [0.2, 0.25) is 5.91 Å². The molecule has 0 spiro atoms. The van der Waals surface area contributed by atoms with Gasteiger partial charge in [0.1, 0.15) is 0 Å². The molecule has 1 saturated carbocycles. The number of carbonyl (C=O) groups excluding carboxylic acids is 2. The van der Waals surface area contributed by atoms with Gasteiger partial charge in [-0.25, -0.2) is 9.78 Å². The molecular formula is C20H28N4O3S. The van der Waals surface area contributed by atoms with Crippen molar-refractivity contribution in [3.63, 3.8) is 0 Å². The quantitative estimate of drug-likeness (QED) is 0.692. The van der Waals surface area contributed by atoms with E-state index in [4.69, 9.17) is 4.74 Å². The van der Waals surface area contributed by atoms with E-state index >= 15 is 0 Å². The third kappa shape index (κ3) is 5.26. The Morgan fingerprint density at radius 2 is 2.04 bits per heavy atom. The van der Waals surface area contributed by atoms with Crippen molar-refractivity contribution in [2.75, 3.05) is 13.7 Å². The second kappa shape index (κ2) is 9.93. The minimum atomic E-state index is -0.449. The Morgan fingerprint density at radius 3 is 2.79 bits per heavy atom. The lowest BCUT2D eigenvalue weighted by atomic mass is 9.96. The first-order chi connectivity index (χ1) is 13.6. The summed E-state index contributed by atoms with van der Waals surface area (Å²) in [4.78, 5) is 29.3. The van der Waals surface area contributed by atoms with Gasteiger partial charge < -0.3 is 14.6 Å². The third-order valence-corrected chi connectivity index (χ3v) is 6.06. The molecule has 1 atom stereocenters. The molecule has 1 aliphatic rings. The number of rotatable bonds is 7. The topological polar surface area (TPSA) is 85.2 Å². The van der Waals surface area contributed by atoms with Gasteiger partial charge in [0.25, 0.3) is 0 Å². The molecule has 1 aromatic carbocycles. The molecule has 2 N–H and O–H groups in total. The van der Waals surface area contributed by atoms with Crippen molar-refractivity contribution in [3.8, 4) is 0 Å². The van der Waals surface area contributed by atoms with Crippen LogP contribution in [0, 0.1) is 0 Å². The number of imidazole rings is 1. The number of thioether (sulfide) groups is 1.